The quantitative estimate of drug-likeness (QED) is 0.168. The van der Waals surface area contributed by atoms with Crippen LogP contribution in [0.1, 0.15) is 66.2 Å². The summed E-state index contributed by atoms with van der Waals surface area (Å²) < 4.78 is 10.3. The summed E-state index contributed by atoms with van der Waals surface area (Å²) in [6.45, 7) is 10.1. The van der Waals surface area contributed by atoms with Crippen molar-refractivity contribution in [3.05, 3.63) is 23.5 Å². The first-order valence-corrected chi connectivity index (χ1v) is 10.8. The molecular formula is C22H42N2O6. The summed E-state index contributed by atoms with van der Waals surface area (Å²) in [4.78, 5) is 23.2. The van der Waals surface area contributed by atoms with Crippen LogP contribution in [0.15, 0.2) is 23.5 Å². The van der Waals surface area contributed by atoms with E-state index >= 15 is 0 Å². The molecule has 0 aromatic carbocycles. The van der Waals surface area contributed by atoms with Gasteiger partial charge in [-0.3, -0.25) is 0 Å². The highest BCUT2D eigenvalue weighted by Crippen LogP contribution is 1.97. The number of allylic oxidation sites excluding steroid dienone is 2. The smallest absolute Gasteiger partial charge is 0.332 e. The highest BCUT2D eigenvalue weighted by Gasteiger charge is 2.02. The second-order valence-corrected chi connectivity index (χ2v) is 6.70. The van der Waals surface area contributed by atoms with Gasteiger partial charge >= 0.3 is 11.9 Å². The zero-order valence-corrected chi connectivity index (χ0v) is 19.2. The van der Waals surface area contributed by atoms with Crippen LogP contribution < -0.4 is 10.6 Å². The molecule has 8 nitrogen and oxygen atoms in total. The Morgan fingerprint density at radius 2 is 1.10 bits per heavy atom. The molecule has 8 heteroatoms. The van der Waals surface area contributed by atoms with Gasteiger partial charge in [0.25, 0.3) is 0 Å². The van der Waals surface area contributed by atoms with Crippen LogP contribution in [-0.4, -0.2) is 61.7 Å². The van der Waals surface area contributed by atoms with Crippen LogP contribution in [0.2, 0.25) is 0 Å². The van der Waals surface area contributed by atoms with Crippen molar-refractivity contribution in [3.63, 3.8) is 0 Å². The average Bonchev–Trinajstić information content (AvgIpc) is 2.71. The van der Waals surface area contributed by atoms with Crippen molar-refractivity contribution in [2.75, 3.05) is 39.5 Å². The Morgan fingerprint density at radius 1 is 0.733 bits per heavy atom. The van der Waals surface area contributed by atoms with E-state index < -0.39 is 0 Å². The molecule has 0 spiro atoms. The number of rotatable bonds is 16. The zero-order valence-electron chi connectivity index (χ0n) is 19.2. The van der Waals surface area contributed by atoms with E-state index in [0.29, 0.717) is 26.1 Å². The van der Waals surface area contributed by atoms with E-state index in [9.17, 15) is 9.59 Å². The van der Waals surface area contributed by atoms with Crippen LogP contribution in [0, 0.1) is 0 Å². The highest BCUT2D eigenvalue weighted by atomic mass is 16.5. The van der Waals surface area contributed by atoms with Crippen LogP contribution in [0.5, 0.6) is 0 Å². The number of nitrogens with one attached hydrogen (secondary N) is 2. The number of ether oxygens (including phenoxy) is 2. The van der Waals surface area contributed by atoms with Gasteiger partial charge in [0.1, 0.15) is 0 Å². The lowest BCUT2D eigenvalue weighted by Gasteiger charge is -2.07. The summed E-state index contributed by atoms with van der Waals surface area (Å²) in [6, 6.07) is 0. The van der Waals surface area contributed by atoms with E-state index in [-0.39, 0.29) is 25.2 Å². The third-order valence-corrected chi connectivity index (χ3v) is 3.66. The van der Waals surface area contributed by atoms with Crippen LogP contribution in [-0.2, 0) is 19.1 Å². The van der Waals surface area contributed by atoms with E-state index in [0.717, 1.165) is 50.2 Å². The fraction of sp³-hybridized carbons (Fsp3) is 0.727. The number of carbonyl (C=O) groups excluding carboxylic acids is 2. The van der Waals surface area contributed by atoms with Gasteiger partial charge in [-0.1, -0.05) is 26.7 Å². The molecule has 0 aromatic rings. The lowest BCUT2D eigenvalue weighted by Crippen LogP contribution is -2.15. The molecule has 0 aliphatic heterocycles. The lowest BCUT2D eigenvalue weighted by molar-refractivity contribution is -0.140. The van der Waals surface area contributed by atoms with Crippen LogP contribution >= 0.6 is 0 Å². The van der Waals surface area contributed by atoms with Crippen molar-refractivity contribution in [1.82, 2.24) is 10.6 Å². The third-order valence-electron chi connectivity index (χ3n) is 3.66. The summed E-state index contributed by atoms with van der Waals surface area (Å²) in [5.41, 5.74) is 1.62. The zero-order chi connectivity index (χ0) is 23.0. The SMILES string of the molecule is CCCCN/C(C)=C\C(=O)OCCCCOC(=O)/C=C(/C)NCCCC.OCCO. The molecule has 176 valence electrons. The predicted molar refractivity (Wildman–Crippen MR) is 119 cm³/mol. The average molecular weight is 431 g/mol. The molecular weight excluding hydrogens is 388 g/mol. The predicted octanol–water partition coefficient (Wildman–Crippen LogP) is 2.41. The largest absolute Gasteiger partial charge is 0.462 e. The van der Waals surface area contributed by atoms with Gasteiger partial charge < -0.3 is 30.3 Å². The maximum absolute atomic E-state index is 11.6. The molecule has 0 saturated heterocycles. The number of carbonyl (C=O) groups is 2. The first kappa shape index (κ1) is 30.1. The van der Waals surface area contributed by atoms with Gasteiger partial charge in [-0.15, -0.1) is 0 Å². The molecule has 0 saturated carbocycles. The second kappa shape index (κ2) is 23.2. The van der Waals surface area contributed by atoms with Crippen molar-refractivity contribution < 1.29 is 29.3 Å². The molecule has 0 unspecified atom stereocenters. The molecule has 0 aliphatic carbocycles. The van der Waals surface area contributed by atoms with Crippen LogP contribution in [0.25, 0.3) is 0 Å². The van der Waals surface area contributed by atoms with E-state index in [4.69, 9.17) is 19.7 Å². The van der Waals surface area contributed by atoms with E-state index in [1.165, 1.54) is 12.2 Å². The van der Waals surface area contributed by atoms with Gasteiger partial charge in [0.2, 0.25) is 0 Å². The first-order valence-electron chi connectivity index (χ1n) is 10.8. The Hall–Kier alpha value is -2.06. The molecule has 0 heterocycles. The molecule has 0 aromatic heterocycles. The third kappa shape index (κ3) is 24.0. The number of hydrogen-bond donors (Lipinski definition) is 4. The minimum atomic E-state index is -0.347. The molecule has 0 rings (SSSR count). The lowest BCUT2D eigenvalue weighted by atomic mass is 10.3. The van der Waals surface area contributed by atoms with E-state index in [1.807, 2.05) is 13.8 Å². The Morgan fingerprint density at radius 3 is 1.40 bits per heavy atom. The van der Waals surface area contributed by atoms with Crippen molar-refractivity contribution in [2.24, 2.45) is 0 Å². The number of hydrogen-bond acceptors (Lipinski definition) is 8. The van der Waals surface area contributed by atoms with Crippen LogP contribution in [0.3, 0.4) is 0 Å². The molecule has 0 atom stereocenters. The molecule has 0 aliphatic rings. The molecule has 30 heavy (non-hydrogen) atoms. The topological polar surface area (TPSA) is 117 Å². The number of aliphatic hydroxyl groups excluding tert-OH is 2. The van der Waals surface area contributed by atoms with Crippen molar-refractivity contribution in [2.45, 2.75) is 66.2 Å². The van der Waals surface area contributed by atoms with Crippen molar-refractivity contribution >= 4 is 11.9 Å². The number of unbranched alkanes of at least 4 members (excludes halogenated alkanes) is 3. The standard InChI is InChI=1S/C20H36N2O4.C2H6O2/c1-5-7-11-21-17(3)15-19(23)25-13-9-10-14-26-20(24)16-18(4)22-12-8-6-2;3-1-2-4/h15-16,21-22H,5-14H2,1-4H3;3-4H,1-2H2/b17-15-,18-16-;. The Kier molecular flexibility index (Phi) is 23.3. The minimum absolute atomic E-state index is 0.125. The normalized spacial score (nSPS) is 11.3. The van der Waals surface area contributed by atoms with Gasteiger partial charge in [0.05, 0.1) is 26.4 Å². The van der Waals surface area contributed by atoms with Gasteiger partial charge in [0, 0.05) is 36.6 Å². The monoisotopic (exact) mass is 430 g/mol. The van der Waals surface area contributed by atoms with Gasteiger partial charge in [-0.2, -0.15) is 0 Å². The number of esters is 2. The van der Waals surface area contributed by atoms with Gasteiger partial charge in [0.15, 0.2) is 0 Å². The van der Waals surface area contributed by atoms with Gasteiger partial charge in [-0.05, 0) is 39.5 Å². The first-order chi connectivity index (χ1) is 14.4. The molecule has 4 N–H and O–H groups in total. The summed E-state index contributed by atoms with van der Waals surface area (Å²) >= 11 is 0. The maximum atomic E-state index is 11.6. The Bertz CT molecular complexity index is 448. The highest BCUT2D eigenvalue weighted by molar-refractivity contribution is 5.83. The van der Waals surface area contributed by atoms with E-state index in [2.05, 4.69) is 24.5 Å². The summed E-state index contributed by atoms with van der Waals surface area (Å²) in [5.74, 6) is -0.694. The van der Waals surface area contributed by atoms with Crippen molar-refractivity contribution in [3.8, 4) is 0 Å². The summed E-state index contributed by atoms with van der Waals surface area (Å²) in [7, 11) is 0. The molecule has 0 amide bonds. The maximum Gasteiger partial charge on any atom is 0.332 e. The Balaban J connectivity index is 0. The van der Waals surface area contributed by atoms with Gasteiger partial charge in [-0.25, -0.2) is 9.59 Å². The minimum Gasteiger partial charge on any atom is -0.462 e. The molecule has 0 bridgehead atoms. The Labute approximate surface area is 181 Å². The van der Waals surface area contributed by atoms with Crippen molar-refractivity contribution in [1.29, 1.82) is 0 Å². The van der Waals surface area contributed by atoms with E-state index in [1.54, 1.807) is 0 Å². The summed E-state index contributed by atoms with van der Waals surface area (Å²) in [5, 5.41) is 21.6. The fourth-order valence-corrected chi connectivity index (χ4v) is 2.01. The second-order valence-electron chi connectivity index (χ2n) is 6.70. The molecule has 0 fully saturated rings. The summed E-state index contributed by atoms with van der Waals surface area (Å²) in [6.07, 6.45) is 8.62. The molecule has 0 radical (unpaired) electrons. The van der Waals surface area contributed by atoms with Crippen LogP contribution in [0.4, 0.5) is 0 Å². The fourth-order valence-electron chi connectivity index (χ4n) is 2.01. The number of aliphatic hydroxyl groups is 2.